The van der Waals surface area contributed by atoms with Crippen LogP contribution in [0.2, 0.25) is 0 Å². The molecule has 0 N–H and O–H groups in total. The fourth-order valence-electron chi connectivity index (χ4n) is 0.604. The van der Waals surface area contributed by atoms with Crippen LogP contribution in [-0.4, -0.2) is 13.3 Å². The van der Waals surface area contributed by atoms with Crippen LogP contribution in [0, 0.1) is 0 Å². The summed E-state index contributed by atoms with van der Waals surface area (Å²) in [6.07, 6.45) is 4.50. The van der Waals surface area contributed by atoms with Crippen molar-refractivity contribution in [3.63, 3.8) is 0 Å². The van der Waals surface area contributed by atoms with Gasteiger partial charge in [-0.3, -0.25) is 4.99 Å². The lowest BCUT2D eigenvalue weighted by Gasteiger charge is -1.95. The van der Waals surface area contributed by atoms with E-state index in [0.29, 0.717) is 0 Å². The average Bonchev–Trinajstić information content (AvgIpc) is 2.03. The summed E-state index contributed by atoms with van der Waals surface area (Å²) in [4.78, 5) is 3.81. The van der Waals surface area contributed by atoms with Crippen molar-refractivity contribution in [2.24, 2.45) is 4.99 Å². The number of hydrogen-bond acceptors (Lipinski definition) is 1. The Morgan fingerprint density at radius 2 is 2.27 bits per heavy atom. The second-order valence-electron chi connectivity index (χ2n) is 2.30. The lowest BCUT2D eigenvalue weighted by Crippen LogP contribution is -1.77. The van der Waals surface area contributed by atoms with Gasteiger partial charge in [0.25, 0.3) is 0 Å². The van der Waals surface area contributed by atoms with Gasteiger partial charge in [0.15, 0.2) is 0 Å². The Bertz CT molecular complexity index is 215. The molecule has 0 fully saturated rings. The Balaban J connectivity index is 4.32. The molecule has 0 bridgehead atoms. The van der Waals surface area contributed by atoms with Crippen molar-refractivity contribution in [2.45, 2.75) is 20.3 Å². The van der Waals surface area contributed by atoms with Crippen molar-refractivity contribution < 1.29 is 0 Å². The molecule has 0 atom stereocenters. The van der Waals surface area contributed by atoms with Gasteiger partial charge in [-0.05, 0) is 30.6 Å². The highest BCUT2D eigenvalue weighted by Gasteiger charge is 1.88. The molecule has 1 nitrogen and oxygen atoms in total. The van der Waals surface area contributed by atoms with Crippen molar-refractivity contribution in [1.82, 2.24) is 0 Å². The van der Waals surface area contributed by atoms with Crippen LogP contribution in [0.5, 0.6) is 0 Å². The van der Waals surface area contributed by atoms with Crippen LogP contribution in [-0.2, 0) is 0 Å². The normalized spacial score (nSPS) is 9.36. The number of nitrogens with zero attached hydrogens (tertiary/aromatic N) is 1. The highest BCUT2D eigenvalue weighted by atomic mass is 14.6. The first kappa shape index (κ1) is 9.93. The summed E-state index contributed by atoms with van der Waals surface area (Å²) in [5, 5.41) is 0. The van der Waals surface area contributed by atoms with Crippen LogP contribution in [0.3, 0.4) is 0 Å². The van der Waals surface area contributed by atoms with E-state index in [0.717, 1.165) is 17.6 Å². The van der Waals surface area contributed by atoms with Crippen molar-refractivity contribution in [2.75, 3.05) is 7.05 Å². The molecule has 0 heterocycles. The zero-order chi connectivity index (χ0) is 8.69. The van der Waals surface area contributed by atoms with Crippen LogP contribution in [0.15, 0.2) is 34.5 Å². The lowest BCUT2D eigenvalue weighted by atomic mass is 10.1. The Hall–Kier alpha value is -1.07. The van der Waals surface area contributed by atoms with E-state index in [2.05, 4.69) is 24.2 Å². The molecular formula is C10H15N. The lowest BCUT2D eigenvalue weighted by molar-refractivity contribution is 1.12. The van der Waals surface area contributed by atoms with Gasteiger partial charge in [0.2, 0.25) is 0 Å². The fraction of sp³-hybridized carbons (Fsp3) is 0.400. The molecule has 0 aliphatic carbocycles. The third-order valence-corrected chi connectivity index (χ3v) is 1.48. The molecule has 1 heteroatoms. The van der Waals surface area contributed by atoms with Gasteiger partial charge < -0.3 is 0 Å². The van der Waals surface area contributed by atoms with Gasteiger partial charge in [-0.15, -0.1) is 5.73 Å². The largest absolute Gasteiger partial charge is 0.296 e. The van der Waals surface area contributed by atoms with Gasteiger partial charge in [0.1, 0.15) is 0 Å². The van der Waals surface area contributed by atoms with E-state index in [1.165, 1.54) is 0 Å². The van der Waals surface area contributed by atoms with Crippen LogP contribution in [0.1, 0.15) is 20.3 Å². The van der Waals surface area contributed by atoms with E-state index in [4.69, 9.17) is 0 Å². The Labute approximate surface area is 68.9 Å². The summed E-state index contributed by atoms with van der Waals surface area (Å²) < 4.78 is 0. The topological polar surface area (TPSA) is 12.4 Å². The first-order chi connectivity index (χ1) is 5.22. The van der Waals surface area contributed by atoms with Gasteiger partial charge in [0.05, 0.1) is 0 Å². The third kappa shape index (κ3) is 4.35. The molecule has 0 amide bonds. The molecule has 0 unspecified atom stereocenters. The van der Waals surface area contributed by atoms with E-state index < -0.39 is 0 Å². The molecule has 0 saturated carbocycles. The maximum absolute atomic E-state index is 3.89. The molecule has 0 aliphatic heterocycles. The van der Waals surface area contributed by atoms with E-state index >= 15 is 0 Å². The molecule has 0 aromatic rings. The van der Waals surface area contributed by atoms with Crippen molar-refractivity contribution >= 4 is 6.21 Å². The first-order valence-corrected chi connectivity index (χ1v) is 3.74. The van der Waals surface area contributed by atoms with Gasteiger partial charge in [0, 0.05) is 13.3 Å². The van der Waals surface area contributed by atoms with E-state index in [1.807, 2.05) is 6.92 Å². The molecule has 11 heavy (non-hydrogen) atoms. The molecule has 0 rings (SSSR count). The molecule has 0 aromatic heterocycles. The Morgan fingerprint density at radius 1 is 1.64 bits per heavy atom. The van der Waals surface area contributed by atoms with Crippen LogP contribution < -0.4 is 0 Å². The Morgan fingerprint density at radius 3 is 2.73 bits per heavy atom. The SMILES string of the molecule is C=C(CC)C(C)=C=CC=NC. The Kier molecular flexibility index (Phi) is 5.14. The summed E-state index contributed by atoms with van der Waals surface area (Å²) >= 11 is 0. The maximum atomic E-state index is 3.89. The molecule has 0 spiro atoms. The minimum Gasteiger partial charge on any atom is -0.296 e. The minimum absolute atomic E-state index is 0.982. The van der Waals surface area contributed by atoms with Crippen LogP contribution >= 0.6 is 0 Å². The number of hydrogen-bond donors (Lipinski definition) is 0. The first-order valence-electron chi connectivity index (χ1n) is 3.74. The summed E-state index contributed by atoms with van der Waals surface area (Å²) in [5.74, 6) is 0. The molecule has 0 saturated heterocycles. The zero-order valence-corrected chi connectivity index (χ0v) is 7.52. The van der Waals surface area contributed by atoms with E-state index in [1.54, 1.807) is 19.3 Å². The quantitative estimate of drug-likeness (QED) is 0.332. The van der Waals surface area contributed by atoms with E-state index in [9.17, 15) is 0 Å². The molecular weight excluding hydrogens is 134 g/mol. The number of allylic oxidation sites excluding steroid dienone is 2. The van der Waals surface area contributed by atoms with Gasteiger partial charge in [-0.25, -0.2) is 0 Å². The smallest absolute Gasteiger partial charge is 0.0286 e. The van der Waals surface area contributed by atoms with Gasteiger partial charge >= 0.3 is 0 Å². The monoisotopic (exact) mass is 149 g/mol. The van der Waals surface area contributed by atoms with Crippen molar-refractivity contribution in [3.05, 3.63) is 29.5 Å². The van der Waals surface area contributed by atoms with Crippen LogP contribution in [0.25, 0.3) is 0 Å². The summed E-state index contributed by atoms with van der Waals surface area (Å²) in [6.45, 7) is 7.98. The molecule has 0 radical (unpaired) electrons. The van der Waals surface area contributed by atoms with Gasteiger partial charge in [-0.1, -0.05) is 13.5 Å². The van der Waals surface area contributed by atoms with E-state index in [-0.39, 0.29) is 0 Å². The molecule has 0 aliphatic rings. The third-order valence-electron chi connectivity index (χ3n) is 1.48. The summed E-state index contributed by atoms with van der Waals surface area (Å²) in [6, 6.07) is 0. The molecule has 60 valence electrons. The summed E-state index contributed by atoms with van der Waals surface area (Å²) in [7, 11) is 1.74. The number of rotatable bonds is 3. The maximum Gasteiger partial charge on any atom is 0.0286 e. The van der Waals surface area contributed by atoms with Crippen molar-refractivity contribution in [1.29, 1.82) is 0 Å². The highest BCUT2D eigenvalue weighted by molar-refractivity contribution is 5.70. The van der Waals surface area contributed by atoms with Crippen LogP contribution in [0.4, 0.5) is 0 Å². The fourth-order valence-corrected chi connectivity index (χ4v) is 0.604. The van der Waals surface area contributed by atoms with Gasteiger partial charge in [-0.2, -0.15) is 0 Å². The number of aliphatic imine (C=N–C) groups is 1. The van der Waals surface area contributed by atoms with Crippen molar-refractivity contribution in [3.8, 4) is 0 Å². The average molecular weight is 149 g/mol. The highest BCUT2D eigenvalue weighted by Crippen LogP contribution is 2.07. The second-order valence-corrected chi connectivity index (χ2v) is 2.30. The zero-order valence-electron chi connectivity index (χ0n) is 7.52. The standard InChI is InChI=1S/C10H15N/c1-5-9(2)10(3)7-6-8-11-4/h6,8H,2,5H2,1,3-4H3. The second kappa shape index (κ2) is 5.70. The molecule has 0 aromatic carbocycles. The predicted octanol–water partition coefficient (Wildman–Crippen LogP) is 2.75. The summed E-state index contributed by atoms with van der Waals surface area (Å²) in [5.41, 5.74) is 5.31. The minimum atomic E-state index is 0.982. The predicted molar refractivity (Wildman–Crippen MR) is 51.1 cm³/mol.